The van der Waals surface area contributed by atoms with Crippen molar-refractivity contribution in [2.45, 2.75) is 26.8 Å². The summed E-state index contributed by atoms with van der Waals surface area (Å²) < 4.78 is 13.9. The number of imide groups is 1. The number of rotatable bonds is 8. The van der Waals surface area contributed by atoms with Crippen LogP contribution in [0.2, 0.25) is 0 Å². The van der Waals surface area contributed by atoms with Gasteiger partial charge in [-0.3, -0.25) is 24.1 Å². The van der Waals surface area contributed by atoms with E-state index in [4.69, 9.17) is 0 Å². The average Bonchev–Trinajstić information content (AvgIpc) is 3.05. The first-order valence-electron chi connectivity index (χ1n) is 10.8. The van der Waals surface area contributed by atoms with Gasteiger partial charge in [-0.2, -0.15) is 0 Å². The molecule has 9 heteroatoms. The van der Waals surface area contributed by atoms with Gasteiger partial charge in [-0.25, -0.2) is 4.39 Å². The standard InChI is InChI=1S/C25H26FN3O4S/c1-15(2)21(28-22(30)18-9-6-7-16(3)13-18)23(31)27-11-12-29-24(32)20(34-25(29)33)14-17-8-4-5-10-19(17)26/h4-10,13-15,21H,11-12H2,1-3H3,(H,27,31)(H,28,30)/b20-14-/t21-/m0/s1. The SMILES string of the molecule is Cc1cccc(C(=O)N[C@H](C(=O)NCCN2C(=O)S/C(=C\c3ccccc3F)C2=O)C(C)C)c1. The van der Waals surface area contributed by atoms with Gasteiger partial charge in [-0.15, -0.1) is 0 Å². The lowest BCUT2D eigenvalue weighted by molar-refractivity contribution is -0.125. The first-order chi connectivity index (χ1) is 16.2. The molecule has 2 N–H and O–H groups in total. The Bertz CT molecular complexity index is 1150. The molecule has 1 heterocycles. The third-order valence-electron chi connectivity index (χ3n) is 5.22. The number of benzene rings is 2. The van der Waals surface area contributed by atoms with Gasteiger partial charge in [0.15, 0.2) is 0 Å². The maximum atomic E-state index is 13.9. The predicted octanol–water partition coefficient (Wildman–Crippen LogP) is 3.74. The van der Waals surface area contributed by atoms with Crippen LogP contribution in [0.3, 0.4) is 0 Å². The van der Waals surface area contributed by atoms with Gasteiger partial charge in [0.25, 0.3) is 17.1 Å². The quantitative estimate of drug-likeness (QED) is 0.558. The van der Waals surface area contributed by atoms with Crippen molar-refractivity contribution >= 4 is 40.8 Å². The highest BCUT2D eigenvalue weighted by Gasteiger charge is 2.35. The summed E-state index contributed by atoms with van der Waals surface area (Å²) in [4.78, 5) is 51.3. The number of thioether (sulfide) groups is 1. The molecule has 1 aliphatic heterocycles. The Kier molecular flexibility index (Phi) is 8.22. The highest BCUT2D eigenvalue weighted by atomic mass is 32.2. The van der Waals surface area contributed by atoms with Gasteiger partial charge >= 0.3 is 0 Å². The second-order valence-electron chi connectivity index (χ2n) is 8.21. The molecule has 3 rings (SSSR count). The van der Waals surface area contributed by atoms with Crippen LogP contribution in [-0.4, -0.2) is 47.0 Å². The molecule has 0 unspecified atom stereocenters. The van der Waals surface area contributed by atoms with E-state index in [1.807, 2.05) is 26.8 Å². The number of carbonyl (C=O) groups is 4. The molecule has 0 aliphatic carbocycles. The fourth-order valence-corrected chi connectivity index (χ4v) is 4.23. The van der Waals surface area contributed by atoms with Crippen LogP contribution in [0, 0.1) is 18.7 Å². The zero-order valence-electron chi connectivity index (χ0n) is 19.1. The fraction of sp³-hybridized carbons (Fsp3) is 0.280. The van der Waals surface area contributed by atoms with Crippen LogP contribution in [0.25, 0.3) is 6.08 Å². The van der Waals surface area contributed by atoms with E-state index in [9.17, 15) is 23.6 Å². The van der Waals surface area contributed by atoms with Gasteiger partial charge in [0, 0.05) is 24.2 Å². The number of hydrogen-bond acceptors (Lipinski definition) is 5. The van der Waals surface area contributed by atoms with E-state index >= 15 is 0 Å². The van der Waals surface area contributed by atoms with E-state index in [1.165, 1.54) is 24.3 Å². The lowest BCUT2D eigenvalue weighted by atomic mass is 10.0. The van der Waals surface area contributed by atoms with Crippen molar-refractivity contribution < 1.29 is 23.6 Å². The molecule has 2 aromatic rings. The number of nitrogens with zero attached hydrogens (tertiary/aromatic N) is 1. The monoisotopic (exact) mass is 483 g/mol. The van der Waals surface area contributed by atoms with E-state index in [0.29, 0.717) is 5.56 Å². The minimum Gasteiger partial charge on any atom is -0.353 e. The normalized spacial score (nSPS) is 15.7. The van der Waals surface area contributed by atoms with Crippen molar-refractivity contribution in [1.29, 1.82) is 0 Å². The highest BCUT2D eigenvalue weighted by Crippen LogP contribution is 2.32. The molecule has 7 nitrogen and oxygen atoms in total. The molecule has 0 spiro atoms. The first-order valence-corrected chi connectivity index (χ1v) is 11.6. The van der Waals surface area contributed by atoms with E-state index in [2.05, 4.69) is 10.6 Å². The van der Waals surface area contributed by atoms with Crippen molar-refractivity contribution in [2.24, 2.45) is 5.92 Å². The second-order valence-corrected chi connectivity index (χ2v) is 9.20. The Balaban J connectivity index is 1.58. The summed E-state index contributed by atoms with van der Waals surface area (Å²) in [6.45, 7) is 5.48. The number of carbonyl (C=O) groups excluding carboxylic acids is 4. The molecule has 1 saturated heterocycles. The Morgan fingerprint density at radius 2 is 1.85 bits per heavy atom. The molecule has 0 aromatic heterocycles. The maximum absolute atomic E-state index is 13.9. The lowest BCUT2D eigenvalue weighted by Gasteiger charge is -2.22. The highest BCUT2D eigenvalue weighted by molar-refractivity contribution is 8.18. The van der Waals surface area contributed by atoms with Crippen LogP contribution >= 0.6 is 11.8 Å². The largest absolute Gasteiger partial charge is 0.353 e. The molecule has 1 atom stereocenters. The summed E-state index contributed by atoms with van der Waals surface area (Å²) >= 11 is 0.725. The summed E-state index contributed by atoms with van der Waals surface area (Å²) in [5.74, 6) is -1.99. The van der Waals surface area contributed by atoms with Gasteiger partial charge in [0.1, 0.15) is 11.9 Å². The molecular formula is C25H26FN3O4S. The minimum absolute atomic E-state index is 0.0212. The maximum Gasteiger partial charge on any atom is 0.293 e. The first kappa shape index (κ1) is 25.2. The minimum atomic E-state index is -0.788. The predicted molar refractivity (Wildman–Crippen MR) is 129 cm³/mol. The Morgan fingerprint density at radius 3 is 2.53 bits per heavy atom. The molecule has 0 saturated carbocycles. The van der Waals surface area contributed by atoms with E-state index in [-0.39, 0.29) is 35.4 Å². The Hall–Kier alpha value is -3.46. The third-order valence-corrected chi connectivity index (χ3v) is 6.12. The smallest absolute Gasteiger partial charge is 0.293 e. The number of amides is 4. The van der Waals surface area contributed by atoms with Crippen LogP contribution in [0.4, 0.5) is 9.18 Å². The summed E-state index contributed by atoms with van der Waals surface area (Å²) in [6, 6.07) is 12.2. The van der Waals surface area contributed by atoms with Crippen LogP contribution in [0.1, 0.15) is 35.3 Å². The van der Waals surface area contributed by atoms with Gasteiger partial charge in [-0.1, -0.05) is 49.7 Å². The molecular weight excluding hydrogens is 457 g/mol. The van der Waals surface area contributed by atoms with Crippen molar-refractivity contribution in [3.63, 3.8) is 0 Å². The van der Waals surface area contributed by atoms with Gasteiger partial charge in [0.2, 0.25) is 5.91 Å². The zero-order chi connectivity index (χ0) is 24.8. The molecule has 4 amide bonds. The topological polar surface area (TPSA) is 95.6 Å². The van der Waals surface area contributed by atoms with Gasteiger partial charge in [-0.05, 0) is 48.9 Å². The van der Waals surface area contributed by atoms with E-state index in [0.717, 1.165) is 22.2 Å². The van der Waals surface area contributed by atoms with E-state index in [1.54, 1.807) is 24.3 Å². The number of nitrogens with one attached hydrogen (secondary N) is 2. The number of hydrogen-bond donors (Lipinski definition) is 2. The molecule has 34 heavy (non-hydrogen) atoms. The molecule has 0 bridgehead atoms. The third kappa shape index (κ3) is 6.11. The Morgan fingerprint density at radius 1 is 1.12 bits per heavy atom. The number of halogens is 1. The molecule has 1 fully saturated rings. The number of aryl methyl sites for hydroxylation is 1. The summed E-state index contributed by atoms with van der Waals surface area (Å²) in [7, 11) is 0. The van der Waals surface area contributed by atoms with Gasteiger partial charge in [0.05, 0.1) is 4.91 Å². The van der Waals surface area contributed by atoms with Crippen LogP contribution in [0.5, 0.6) is 0 Å². The Labute approximate surface area is 201 Å². The summed E-state index contributed by atoms with van der Waals surface area (Å²) in [5.41, 5.74) is 1.60. The molecule has 2 aromatic carbocycles. The zero-order valence-corrected chi connectivity index (χ0v) is 19.9. The van der Waals surface area contributed by atoms with Crippen molar-refractivity contribution in [3.05, 3.63) is 75.9 Å². The van der Waals surface area contributed by atoms with Gasteiger partial charge < -0.3 is 10.6 Å². The van der Waals surface area contributed by atoms with E-state index < -0.39 is 28.9 Å². The molecule has 1 aliphatic rings. The molecule has 178 valence electrons. The second kappa shape index (κ2) is 11.1. The van der Waals surface area contributed by atoms with Crippen LogP contribution < -0.4 is 10.6 Å². The summed E-state index contributed by atoms with van der Waals surface area (Å²) in [5, 5.41) is 4.94. The van der Waals surface area contributed by atoms with Crippen molar-refractivity contribution in [3.8, 4) is 0 Å². The fourth-order valence-electron chi connectivity index (χ4n) is 3.37. The average molecular weight is 484 g/mol. The van der Waals surface area contributed by atoms with Crippen molar-refractivity contribution in [1.82, 2.24) is 15.5 Å². The lowest BCUT2D eigenvalue weighted by Crippen LogP contribution is -2.51. The molecule has 0 radical (unpaired) electrons. The van der Waals surface area contributed by atoms with Crippen LogP contribution in [-0.2, 0) is 9.59 Å². The van der Waals surface area contributed by atoms with Crippen molar-refractivity contribution in [2.75, 3.05) is 13.1 Å². The summed E-state index contributed by atoms with van der Waals surface area (Å²) in [6.07, 6.45) is 1.34. The van der Waals surface area contributed by atoms with Crippen LogP contribution in [0.15, 0.2) is 53.4 Å².